The zero-order chi connectivity index (χ0) is 15.6. The van der Waals surface area contributed by atoms with Crippen molar-refractivity contribution in [3.05, 3.63) is 51.8 Å². The van der Waals surface area contributed by atoms with Crippen LogP contribution in [0, 0.1) is 0 Å². The van der Waals surface area contributed by atoms with Crippen LogP contribution in [0.4, 0.5) is 5.69 Å². The molecule has 0 unspecified atom stereocenters. The summed E-state index contributed by atoms with van der Waals surface area (Å²) in [7, 11) is 5.66. The number of benzene rings is 1. The monoisotopic (exact) mass is 325 g/mol. The van der Waals surface area contributed by atoms with Crippen LogP contribution >= 0.6 is 23.2 Å². The molecule has 0 saturated heterocycles. The highest BCUT2D eigenvalue weighted by Crippen LogP contribution is 2.25. The normalized spacial score (nSPS) is 10.5. The van der Waals surface area contributed by atoms with E-state index in [1.807, 2.05) is 43.3 Å². The lowest BCUT2D eigenvalue weighted by molar-refractivity contribution is 0.0943. The molecule has 6 heteroatoms. The number of carbonyl (C=O) groups excluding carboxylic acids is 1. The molecule has 0 saturated carbocycles. The third kappa shape index (κ3) is 3.52. The van der Waals surface area contributed by atoms with Crippen molar-refractivity contribution in [2.45, 2.75) is 6.54 Å². The third-order valence-corrected chi connectivity index (χ3v) is 4.07. The first-order chi connectivity index (χ1) is 9.90. The van der Waals surface area contributed by atoms with Crippen molar-refractivity contribution in [1.29, 1.82) is 0 Å². The number of halogens is 2. The van der Waals surface area contributed by atoms with E-state index in [-0.39, 0.29) is 5.91 Å². The first kappa shape index (κ1) is 15.7. The fourth-order valence-corrected chi connectivity index (χ4v) is 2.35. The Kier molecular flexibility index (Phi) is 4.80. The van der Waals surface area contributed by atoms with Gasteiger partial charge in [-0.25, -0.2) is 0 Å². The number of rotatable bonds is 4. The summed E-state index contributed by atoms with van der Waals surface area (Å²) >= 11 is 11.9. The number of nitrogens with zero attached hydrogens (tertiary/aromatic N) is 2. The molecular formula is C15H17Cl2N3O. The van der Waals surface area contributed by atoms with Gasteiger partial charge >= 0.3 is 0 Å². The first-order valence-corrected chi connectivity index (χ1v) is 7.21. The Hall–Kier alpha value is -1.65. The number of carbonyl (C=O) groups is 1. The van der Waals surface area contributed by atoms with Gasteiger partial charge in [-0.15, -0.1) is 0 Å². The van der Waals surface area contributed by atoms with E-state index in [1.165, 1.54) is 0 Å². The molecule has 0 aliphatic carbocycles. The predicted molar refractivity (Wildman–Crippen MR) is 87.4 cm³/mol. The summed E-state index contributed by atoms with van der Waals surface area (Å²) in [5.41, 5.74) is 2.56. The van der Waals surface area contributed by atoms with Crippen molar-refractivity contribution >= 4 is 34.8 Å². The van der Waals surface area contributed by atoms with Crippen LogP contribution in [-0.2, 0) is 13.6 Å². The third-order valence-electron chi connectivity index (χ3n) is 3.23. The lowest BCUT2D eigenvalue weighted by atomic mass is 10.2. The Morgan fingerprint density at radius 1 is 1.29 bits per heavy atom. The molecule has 0 aliphatic rings. The highest BCUT2D eigenvalue weighted by molar-refractivity contribution is 6.41. The molecule has 1 heterocycles. The van der Waals surface area contributed by atoms with Crippen LogP contribution in [0.25, 0.3) is 0 Å². The summed E-state index contributed by atoms with van der Waals surface area (Å²) in [6.07, 6.45) is 0. The average molecular weight is 326 g/mol. The van der Waals surface area contributed by atoms with Crippen LogP contribution in [-0.4, -0.2) is 24.6 Å². The van der Waals surface area contributed by atoms with E-state index in [0.717, 1.165) is 11.3 Å². The summed E-state index contributed by atoms with van der Waals surface area (Å²) in [4.78, 5) is 14.2. The van der Waals surface area contributed by atoms with Crippen molar-refractivity contribution in [2.24, 2.45) is 7.05 Å². The Balaban J connectivity index is 2.07. The molecule has 0 bridgehead atoms. The second-order valence-electron chi connectivity index (χ2n) is 4.97. The molecule has 1 N–H and O–H groups in total. The maximum atomic E-state index is 12.2. The van der Waals surface area contributed by atoms with Crippen LogP contribution in [0.2, 0.25) is 10.2 Å². The molecular weight excluding hydrogens is 309 g/mol. The quantitative estimate of drug-likeness (QED) is 0.936. The molecule has 0 aliphatic heterocycles. The Morgan fingerprint density at radius 3 is 2.57 bits per heavy atom. The largest absolute Gasteiger partial charge is 0.378 e. The Labute approximate surface area is 134 Å². The van der Waals surface area contributed by atoms with Gasteiger partial charge in [0.1, 0.15) is 10.8 Å². The number of anilines is 1. The molecule has 2 rings (SSSR count). The number of amides is 1. The first-order valence-electron chi connectivity index (χ1n) is 6.45. The molecule has 4 nitrogen and oxygen atoms in total. The van der Waals surface area contributed by atoms with E-state index in [1.54, 1.807) is 17.7 Å². The fourth-order valence-electron chi connectivity index (χ4n) is 1.98. The number of aromatic nitrogens is 1. The van der Waals surface area contributed by atoms with Crippen molar-refractivity contribution in [3.63, 3.8) is 0 Å². The molecule has 112 valence electrons. The van der Waals surface area contributed by atoms with E-state index in [4.69, 9.17) is 23.2 Å². The van der Waals surface area contributed by atoms with E-state index >= 15 is 0 Å². The van der Waals surface area contributed by atoms with Gasteiger partial charge in [0.25, 0.3) is 5.91 Å². The SMILES string of the molecule is CN(C)c1cccc(CNC(=O)c2cc(Cl)c(Cl)n2C)c1. The van der Waals surface area contributed by atoms with Crippen LogP contribution in [0.3, 0.4) is 0 Å². The summed E-state index contributed by atoms with van der Waals surface area (Å²) in [6, 6.07) is 9.55. The molecule has 0 fully saturated rings. The number of hydrogen-bond acceptors (Lipinski definition) is 2. The van der Waals surface area contributed by atoms with Crippen LogP contribution in [0.1, 0.15) is 16.1 Å². The van der Waals surface area contributed by atoms with Crippen molar-refractivity contribution in [1.82, 2.24) is 9.88 Å². The minimum absolute atomic E-state index is 0.207. The molecule has 21 heavy (non-hydrogen) atoms. The molecule has 2 aromatic rings. The van der Waals surface area contributed by atoms with Gasteiger partial charge in [-0.05, 0) is 23.8 Å². The fraction of sp³-hybridized carbons (Fsp3) is 0.267. The maximum Gasteiger partial charge on any atom is 0.268 e. The van der Waals surface area contributed by atoms with Crippen LogP contribution in [0.5, 0.6) is 0 Å². The lowest BCUT2D eigenvalue weighted by Gasteiger charge is -2.14. The van der Waals surface area contributed by atoms with Crippen LogP contribution < -0.4 is 10.2 Å². The summed E-state index contributed by atoms with van der Waals surface area (Å²) < 4.78 is 1.56. The summed E-state index contributed by atoms with van der Waals surface area (Å²) in [5.74, 6) is -0.207. The maximum absolute atomic E-state index is 12.2. The molecule has 1 amide bonds. The van der Waals surface area contributed by atoms with Crippen molar-refractivity contribution in [2.75, 3.05) is 19.0 Å². The van der Waals surface area contributed by atoms with Crippen LogP contribution in [0.15, 0.2) is 30.3 Å². The van der Waals surface area contributed by atoms with Crippen molar-refractivity contribution in [3.8, 4) is 0 Å². The van der Waals surface area contributed by atoms with Gasteiger partial charge in [0.15, 0.2) is 0 Å². The zero-order valence-corrected chi connectivity index (χ0v) is 13.7. The summed E-state index contributed by atoms with van der Waals surface area (Å²) in [5, 5.41) is 3.60. The molecule has 0 atom stereocenters. The van der Waals surface area contributed by atoms with E-state index < -0.39 is 0 Å². The Bertz CT molecular complexity index is 665. The molecule has 0 spiro atoms. The van der Waals surface area contributed by atoms with Gasteiger partial charge in [-0.3, -0.25) is 4.79 Å². The van der Waals surface area contributed by atoms with Gasteiger partial charge in [0, 0.05) is 33.4 Å². The molecule has 1 aromatic heterocycles. The highest BCUT2D eigenvalue weighted by atomic mass is 35.5. The van der Waals surface area contributed by atoms with Gasteiger partial charge in [-0.2, -0.15) is 0 Å². The van der Waals surface area contributed by atoms with E-state index in [0.29, 0.717) is 22.4 Å². The van der Waals surface area contributed by atoms with Gasteiger partial charge in [0.05, 0.1) is 5.02 Å². The minimum Gasteiger partial charge on any atom is -0.378 e. The van der Waals surface area contributed by atoms with E-state index in [9.17, 15) is 4.79 Å². The Morgan fingerprint density at radius 2 is 2.00 bits per heavy atom. The topological polar surface area (TPSA) is 37.3 Å². The van der Waals surface area contributed by atoms with Gasteiger partial charge in [0.2, 0.25) is 0 Å². The second kappa shape index (κ2) is 6.41. The number of hydrogen-bond donors (Lipinski definition) is 1. The molecule has 0 radical (unpaired) electrons. The zero-order valence-electron chi connectivity index (χ0n) is 12.2. The minimum atomic E-state index is -0.207. The summed E-state index contributed by atoms with van der Waals surface area (Å²) in [6.45, 7) is 0.445. The smallest absolute Gasteiger partial charge is 0.268 e. The standard InChI is InChI=1S/C15H17Cl2N3O/c1-19(2)11-6-4-5-10(7-11)9-18-15(21)13-8-12(16)14(17)20(13)3/h4-8H,9H2,1-3H3,(H,18,21). The van der Waals surface area contributed by atoms with Gasteiger partial charge in [-0.1, -0.05) is 35.3 Å². The molecule has 1 aromatic carbocycles. The highest BCUT2D eigenvalue weighted by Gasteiger charge is 2.15. The predicted octanol–water partition coefficient (Wildman–Crippen LogP) is 3.33. The van der Waals surface area contributed by atoms with Gasteiger partial charge < -0.3 is 14.8 Å². The average Bonchev–Trinajstić information content (AvgIpc) is 2.73. The lowest BCUT2D eigenvalue weighted by Crippen LogP contribution is -2.25. The second-order valence-corrected chi connectivity index (χ2v) is 5.74. The van der Waals surface area contributed by atoms with Crippen molar-refractivity contribution < 1.29 is 4.79 Å². The number of nitrogens with one attached hydrogen (secondary N) is 1. The van der Waals surface area contributed by atoms with E-state index in [2.05, 4.69) is 5.32 Å².